The molecule has 4 nitrogen and oxygen atoms in total. The Morgan fingerprint density at radius 3 is 2.79 bits per heavy atom. The Balaban J connectivity index is 1.53. The molecule has 28 heavy (non-hydrogen) atoms. The third-order valence-electron chi connectivity index (χ3n) is 4.92. The van der Waals surface area contributed by atoms with Crippen molar-refractivity contribution in [1.82, 2.24) is 10.4 Å². The van der Waals surface area contributed by atoms with Gasteiger partial charge in [-0.05, 0) is 72.5 Å². The molecule has 5 rings (SSSR count). The molecule has 142 valence electrons. The van der Waals surface area contributed by atoms with Crippen LogP contribution >= 0.6 is 22.9 Å². The van der Waals surface area contributed by atoms with E-state index in [1.165, 1.54) is 0 Å². The highest BCUT2D eigenvalue weighted by Gasteiger charge is 2.40. The topological polar surface area (TPSA) is 33.7 Å². The molecule has 1 aromatic heterocycles. The lowest BCUT2D eigenvalue weighted by Crippen LogP contribution is -2.42. The Labute approximate surface area is 172 Å². The fraction of sp³-hybridized carbons (Fsp3) is 0.182. The molecule has 0 saturated carbocycles. The molecule has 3 heterocycles. The van der Waals surface area contributed by atoms with Crippen LogP contribution in [-0.4, -0.2) is 11.6 Å². The lowest BCUT2D eigenvalue weighted by Gasteiger charge is -2.38. The van der Waals surface area contributed by atoms with Gasteiger partial charge in [0.05, 0.1) is 23.2 Å². The minimum absolute atomic E-state index is 0.0381. The van der Waals surface area contributed by atoms with Crippen LogP contribution in [0.15, 0.2) is 66.1 Å². The summed E-state index contributed by atoms with van der Waals surface area (Å²) in [5, 5.41) is 4.93. The van der Waals surface area contributed by atoms with Gasteiger partial charge >= 0.3 is 0 Å². The zero-order chi connectivity index (χ0) is 19.1. The van der Waals surface area contributed by atoms with Crippen LogP contribution in [0.25, 0.3) is 5.70 Å². The van der Waals surface area contributed by atoms with Crippen molar-refractivity contribution in [2.75, 3.05) is 6.61 Å². The van der Waals surface area contributed by atoms with E-state index in [-0.39, 0.29) is 12.3 Å². The van der Waals surface area contributed by atoms with E-state index in [0.717, 1.165) is 33.2 Å². The summed E-state index contributed by atoms with van der Waals surface area (Å²) in [7, 11) is 0. The number of nitrogens with one attached hydrogen (secondary N) is 1. The van der Waals surface area contributed by atoms with Crippen LogP contribution in [0, 0.1) is 0 Å². The summed E-state index contributed by atoms with van der Waals surface area (Å²) < 4.78 is 11.9. The fourth-order valence-corrected chi connectivity index (χ4v) is 4.58. The zero-order valence-corrected chi connectivity index (χ0v) is 16.8. The van der Waals surface area contributed by atoms with Crippen molar-refractivity contribution in [3.05, 3.63) is 87.1 Å². The largest absolute Gasteiger partial charge is 0.494 e. The molecule has 1 N–H and O–H groups in total. The molecule has 0 unspecified atom stereocenters. The number of nitrogens with zero attached hydrogens (tertiary/aromatic N) is 1. The minimum Gasteiger partial charge on any atom is -0.494 e. The van der Waals surface area contributed by atoms with Crippen molar-refractivity contribution < 1.29 is 9.47 Å². The van der Waals surface area contributed by atoms with E-state index in [9.17, 15) is 0 Å². The van der Waals surface area contributed by atoms with Crippen LogP contribution < -0.4 is 14.9 Å². The van der Waals surface area contributed by atoms with Crippen LogP contribution in [-0.2, 0) is 0 Å². The van der Waals surface area contributed by atoms with Gasteiger partial charge in [-0.3, -0.25) is 0 Å². The number of thiophene rings is 1. The number of fused-ring (bicyclic) bond motifs is 3. The summed E-state index contributed by atoms with van der Waals surface area (Å²) in [6, 6.07) is 18.1. The first-order valence-electron chi connectivity index (χ1n) is 9.22. The van der Waals surface area contributed by atoms with Gasteiger partial charge in [-0.25, -0.2) is 0 Å². The number of rotatable bonds is 4. The molecule has 2 aromatic carbocycles. The van der Waals surface area contributed by atoms with E-state index in [2.05, 4.69) is 40.1 Å². The molecular formula is C22H19ClN2O2S. The lowest BCUT2D eigenvalue weighted by atomic mass is 10.0. The first-order valence-corrected chi connectivity index (χ1v) is 10.5. The first-order chi connectivity index (χ1) is 13.7. The molecule has 2 atom stereocenters. The molecule has 0 aliphatic carbocycles. The zero-order valence-electron chi connectivity index (χ0n) is 15.3. The van der Waals surface area contributed by atoms with Crippen molar-refractivity contribution in [1.29, 1.82) is 0 Å². The Morgan fingerprint density at radius 1 is 1.18 bits per heavy atom. The predicted octanol–water partition coefficient (Wildman–Crippen LogP) is 5.79. The molecule has 0 fully saturated rings. The highest BCUT2D eigenvalue weighted by Crippen LogP contribution is 2.47. The molecule has 3 aromatic rings. The van der Waals surface area contributed by atoms with Gasteiger partial charge in [0.25, 0.3) is 0 Å². The van der Waals surface area contributed by atoms with Gasteiger partial charge in [0.1, 0.15) is 11.5 Å². The van der Waals surface area contributed by atoms with Crippen LogP contribution in [0.4, 0.5) is 0 Å². The molecule has 0 spiro atoms. The third kappa shape index (κ3) is 3.05. The average molecular weight is 411 g/mol. The summed E-state index contributed by atoms with van der Waals surface area (Å²) in [5.74, 6) is 1.74. The standard InChI is InChI=1S/C22H19ClN2O2S/c1-2-26-16-8-5-14(6-9-16)18-13-19-17-12-15(23)7-10-20(17)27-22(25(19)24-18)21-4-3-11-28-21/h3-13,19,22,24H,2H2,1H3/t19-,22+/m0/s1. The molecule has 0 saturated heterocycles. The Bertz CT molecular complexity index is 1020. The van der Waals surface area contributed by atoms with E-state index in [1.807, 2.05) is 43.3 Å². The van der Waals surface area contributed by atoms with Crippen molar-refractivity contribution in [3.8, 4) is 11.5 Å². The van der Waals surface area contributed by atoms with Crippen molar-refractivity contribution in [2.45, 2.75) is 19.2 Å². The predicted molar refractivity (Wildman–Crippen MR) is 112 cm³/mol. The van der Waals surface area contributed by atoms with E-state index in [4.69, 9.17) is 21.1 Å². The monoisotopic (exact) mass is 410 g/mol. The second-order valence-electron chi connectivity index (χ2n) is 6.67. The van der Waals surface area contributed by atoms with E-state index < -0.39 is 0 Å². The van der Waals surface area contributed by atoms with Gasteiger partial charge < -0.3 is 14.9 Å². The number of ether oxygens (including phenoxy) is 2. The minimum atomic E-state index is -0.199. The molecule has 0 radical (unpaired) electrons. The highest BCUT2D eigenvalue weighted by molar-refractivity contribution is 7.10. The number of halogens is 1. The van der Waals surface area contributed by atoms with Crippen molar-refractivity contribution in [3.63, 3.8) is 0 Å². The van der Waals surface area contributed by atoms with Gasteiger partial charge in [0.2, 0.25) is 6.23 Å². The van der Waals surface area contributed by atoms with Gasteiger partial charge in [0, 0.05) is 10.6 Å². The lowest BCUT2D eigenvalue weighted by molar-refractivity contribution is -0.0302. The molecule has 6 heteroatoms. The second kappa shape index (κ2) is 7.17. The Morgan fingerprint density at radius 2 is 2.04 bits per heavy atom. The number of hydrogen-bond donors (Lipinski definition) is 1. The van der Waals surface area contributed by atoms with Crippen molar-refractivity contribution >= 4 is 28.6 Å². The van der Waals surface area contributed by atoms with Crippen LogP contribution in [0.3, 0.4) is 0 Å². The molecule has 0 bridgehead atoms. The van der Waals surface area contributed by atoms with E-state index in [1.54, 1.807) is 11.3 Å². The Hall–Kier alpha value is -2.47. The summed E-state index contributed by atoms with van der Waals surface area (Å²) in [6.45, 7) is 2.65. The average Bonchev–Trinajstić information content (AvgIpc) is 3.39. The Kier molecular flexibility index (Phi) is 4.51. The third-order valence-corrected chi connectivity index (χ3v) is 6.06. The van der Waals surface area contributed by atoms with E-state index in [0.29, 0.717) is 11.6 Å². The van der Waals surface area contributed by atoms with Gasteiger partial charge in [-0.2, -0.15) is 5.01 Å². The SMILES string of the molecule is CCOc1ccc(C2=C[C@H]3c4cc(Cl)ccc4O[C@H](c4cccs4)N3N2)cc1. The number of hydrogen-bond acceptors (Lipinski definition) is 5. The maximum atomic E-state index is 6.34. The fourth-order valence-electron chi connectivity index (χ4n) is 3.65. The summed E-state index contributed by atoms with van der Waals surface area (Å²) in [4.78, 5) is 1.15. The number of benzene rings is 2. The normalized spacial score (nSPS) is 20.6. The van der Waals surface area contributed by atoms with Crippen LogP contribution in [0.2, 0.25) is 5.02 Å². The van der Waals surface area contributed by atoms with Crippen molar-refractivity contribution in [2.24, 2.45) is 0 Å². The second-order valence-corrected chi connectivity index (χ2v) is 8.09. The maximum Gasteiger partial charge on any atom is 0.205 e. The van der Waals surface area contributed by atoms with Gasteiger partial charge in [-0.15, -0.1) is 11.3 Å². The summed E-state index contributed by atoms with van der Waals surface area (Å²) in [5.41, 5.74) is 6.77. The smallest absolute Gasteiger partial charge is 0.205 e. The maximum absolute atomic E-state index is 6.34. The molecular weight excluding hydrogens is 392 g/mol. The van der Waals surface area contributed by atoms with Gasteiger partial charge in [0.15, 0.2) is 0 Å². The van der Waals surface area contributed by atoms with E-state index >= 15 is 0 Å². The quantitative estimate of drug-likeness (QED) is 0.589. The molecule has 2 aliphatic rings. The van der Waals surface area contributed by atoms with Gasteiger partial charge in [-0.1, -0.05) is 17.7 Å². The molecule has 2 aliphatic heterocycles. The number of hydrazine groups is 1. The summed E-state index contributed by atoms with van der Waals surface area (Å²) >= 11 is 7.96. The molecule has 0 amide bonds. The first kappa shape index (κ1) is 17.6. The summed E-state index contributed by atoms with van der Waals surface area (Å²) in [6.07, 6.45) is 2.03. The van der Waals surface area contributed by atoms with Crippen LogP contribution in [0.1, 0.15) is 35.2 Å². The van der Waals surface area contributed by atoms with Crippen LogP contribution in [0.5, 0.6) is 11.5 Å². The highest BCUT2D eigenvalue weighted by atomic mass is 35.5.